The van der Waals surface area contributed by atoms with Crippen molar-refractivity contribution in [2.24, 2.45) is 12.5 Å². The maximum Gasteiger partial charge on any atom is 0.325 e. The standard InChI is InChI=1S/C27H40N2O5/c1-9-27(10-2,22-14-12-20(29(22)8)24(31)28-18(4)25(32)33)19-11-13-21(17(3)15-19)34-16-23(30)26(5,6)7/h11-15,18,23,30H,9-10,16H2,1-8H3,(H,28,31)(H,32,33)/t18-,23?/m0/s1. The zero-order chi connectivity index (χ0) is 25.8. The molecule has 7 heteroatoms. The molecule has 34 heavy (non-hydrogen) atoms. The largest absolute Gasteiger partial charge is 0.491 e. The van der Waals surface area contributed by atoms with E-state index >= 15 is 0 Å². The van der Waals surface area contributed by atoms with Gasteiger partial charge in [0.2, 0.25) is 0 Å². The van der Waals surface area contributed by atoms with Gasteiger partial charge < -0.3 is 24.8 Å². The van der Waals surface area contributed by atoms with Gasteiger partial charge in [0.25, 0.3) is 5.91 Å². The molecule has 3 N–H and O–H groups in total. The predicted molar refractivity (Wildman–Crippen MR) is 133 cm³/mol. The van der Waals surface area contributed by atoms with Crippen LogP contribution in [-0.2, 0) is 17.3 Å². The molecule has 1 amide bonds. The second-order valence-corrected chi connectivity index (χ2v) is 10.2. The molecule has 2 rings (SSSR count). The van der Waals surface area contributed by atoms with Gasteiger partial charge in [-0.05, 0) is 61.4 Å². The van der Waals surface area contributed by atoms with E-state index in [0.717, 1.165) is 35.4 Å². The van der Waals surface area contributed by atoms with Gasteiger partial charge in [-0.1, -0.05) is 46.8 Å². The third-order valence-electron chi connectivity index (χ3n) is 6.89. The van der Waals surface area contributed by atoms with Gasteiger partial charge in [-0.3, -0.25) is 9.59 Å². The lowest BCUT2D eigenvalue weighted by atomic mass is 9.72. The highest BCUT2D eigenvalue weighted by Crippen LogP contribution is 2.41. The monoisotopic (exact) mass is 472 g/mol. The quantitative estimate of drug-likeness (QED) is 0.475. The van der Waals surface area contributed by atoms with Crippen molar-refractivity contribution in [3.63, 3.8) is 0 Å². The number of amides is 1. The minimum absolute atomic E-state index is 0.224. The zero-order valence-electron chi connectivity index (χ0n) is 21.7. The highest BCUT2D eigenvalue weighted by atomic mass is 16.5. The first-order valence-corrected chi connectivity index (χ1v) is 11.9. The first-order chi connectivity index (χ1) is 15.8. The number of rotatable bonds is 10. The Morgan fingerprint density at radius 2 is 1.74 bits per heavy atom. The predicted octanol–water partition coefficient (Wildman–Crippen LogP) is 4.43. The Balaban J connectivity index is 2.38. The van der Waals surface area contributed by atoms with Crippen LogP contribution in [0.4, 0.5) is 0 Å². The minimum Gasteiger partial charge on any atom is -0.491 e. The van der Waals surface area contributed by atoms with Crippen molar-refractivity contribution in [3.8, 4) is 5.75 Å². The number of benzene rings is 1. The number of hydrogen-bond donors (Lipinski definition) is 3. The van der Waals surface area contributed by atoms with Crippen molar-refractivity contribution < 1.29 is 24.5 Å². The number of aliphatic hydroxyl groups excluding tert-OH is 1. The van der Waals surface area contributed by atoms with Crippen molar-refractivity contribution in [1.82, 2.24) is 9.88 Å². The number of hydrogen-bond acceptors (Lipinski definition) is 4. The van der Waals surface area contributed by atoms with E-state index in [9.17, 15) is 14.7 Å². The van der Waals surface area contributed by atoms with Gasteiger partial charge in [0.15, 0.2) is 0 Å². The van der Waals surface area contributed by atoms with E-state index in [1.807, 2.05) is 51.4 Å². The first-order valence-electron chi connectivity index (χ1n) is 11.9. The van der Waals surface area contributed by atoms with Crippen molar-refractivity contribution in [1.29, 1.82) is 0 Å². The molecule has 0 saturated carbocycles. The highest BCUT2D eigenvalue weighted by molar-refractivity contribution is 5.95. The van der Waals surface area contributed by atoms with E-state index in [-0.39, 0.29) is 17.4 Å². The van der Waals surface area contributed by atoms with Gasteiger partial charge in [0.1, 0.15) is 24.1 Å². The van der Waals surface area contributed by atoms with Gasteiger partial charge in [-0.15, -0.1) is 0 Å². The lowest BCUT2D eigenvalue weighted by molar-refractivity contribution is -0.138. The van der Waals surface area contributed by atoms with Crippen LogP contribution in [0.5, 0.6) is 5.75 Å². The number of carbonyl (C=O) groups is 2. The molecule has 0 saturated heterocycles. The molecule has 0 spiro atoms. The summed E-state index contributed by atoms with van der Waals surface area (Å²) in [4.78, 5) is 23.8. The third-order valence-corrected chi connectivity index (χ3v) is 6.89. The number of aliphatic carboxylic acids is 1. The zero-order valence-corrected chi connectivity index (χ0v) is 21.7. The summed E-state index contributed by atoms with van der Waals surface area (Å²) in [7, 11) is 1.84. The van der Waals surface area contributed by atoms with Crippen LogP contribution in [0.15, 0.2) is 30.3 Å². The summed E-state index contributed by atoms with van der Waals surface area (Å²) < 4.78 is 7.78. The Kier molecular flexibility index (Phi) is 8.59. The molecule has 1 aromatic heterocycles. The SMILES string of the molecule is CCC(CC)(c1ccc(OCC(O)C(C)(C)C)c(C)c1)c1ccc(C(=O)N[C@@H](C)C(=O)O)n1C. The van der Waals surface area contributed by atoms with Crippen molar-refractivity contribution >= 4 is 11.9 Å². The summed E-state index contributed by atoms with van der Waals surface area (Å²) in [6, 6.07) is 8.85. The number of carbonyl (C=O) groups excluding carboxylic acids is 1. The Morgan fingerprint density at radius 3 is 2.24 bits per heavy atom. The van der Waals surface area contributed by atoms with Crippen LogP contribution in [-0.4, -0.2) is 45.4 Å². The van der Waals surface area contributed by atoms with Crippen molar-refractivity contribution in [2.75, 3.05) is 6.61 Å². The van der Waals surface area contributed by atoms with Crippen molar-refractivity contribution in [2.45, 2.75) is 78.9 Å². The Labute approximate surface area is 203 Å². The van der Waals surface area contributed by atoms with Crippen LogP contribution in [0.1, 0.15) is 81.7 Å². The number of carboxylic acid groups (broad SMARTS) is 1. The number of nitrogens with one attached hydrogen (secondary N) is 1. The van der Waals surface area contributed by atoms with E-state index in [0.29, 0.717) is 5.69 Å². The molecule has 2 aromatic rings. The van der Waals surface area contributed by atoms with Gasteiger partial charge >= 0.3 is 5.97 Å². The summed E-state index contributed by atoms with van der Waals surface area (Å²) in [6.45, 7) is 13.8. The average molecular weight is 473 g/mol. The van der Waals surface area contributed by atoms with Gasteiger partial charge in [0, 0.05) is 18.2 Å². The van der Waals surface area contributed by atoms with Crippen molar-refractivity contribution in [3.05, 3.63) is 52.8 Å². The molecule has 0 aliphatic carbocycles. The third kappa shape index (κ3) is 5.63. The molecule has 0 radical (unpaired) electrons. The fraction of sp³-hybridized carbons (Fsp3) is 0.556. The first kappa shape index (κ1) is 27.4. The molecular formula is C27H40N2O5. The van der Waals surface area contributed by atoms with Crippen LogP contribution in [0.3, 0.4) is 0 Å². The fourth-order valence-electron chi connectivity index (χ4n) is 4.25. The second kappa shape index (κ2) is 10.6. The molecule has 0 fully saturated rings. The van der Waals surface area contributed by atoms with Crippen LogP contribution in [0.25, 0.3) is 0 Å². The van der Waals surface area contributed by atoms with E-state index in [4.69, 9.17) is 9.84 Å². The van der Waals surface area contributed by atoms with E-state index in [1.54, 1.807) is 6.07 Å². The van der Waals surface area contributed by atoms with E-state index in [1.165, 1.54) is 6.92 Å². The lowest BCUT2D eigenvalue weighted by Gasteiger charge is -2.34. The molecule has 0 bridgehead atoms. The molecule has 1 unspecified atom stereocenters. The van der Waals surface area contributed by atoms with Crippen LogP contribution < -0.4 is 10.1 Å². The molecule has 0 aliphatic heterocycles. The summed E-state index contributed by atoms with van der Waals surface area (Å²) in [5.41, 5.74) is 2.91. The van der Waals surface area contributed by atoms with Crippen LogP contribution >= 0.6 is 0 Å². The molecule has 7 nitrogen and oxygen atoms in total. The van der Waals surface area contributed by atoms with Gasteiger partial charge in [-0.2, -0.15) is 0 Å². The number of ether oxygens (including phenoxy) is 1. The molecule has 1 aromatic carbocycles. The summed E-state index contributed by atoms with van der Waals surface area (Å²) in [5, 5.41) is 22.0. The van der Waals surface area contributed by atoms with Gasteiger partial charge in [0.05, 0.1) is 6.10 Å². The molecule has 188 valence electrons. The molecule has 1 heterocycles. The maximum atomic E-state index is 12.7. The van der Waals surface area contributed by atoms with Crippen LogP contribution in [0, 0.1) is 12.3 Å². The molecular weight excluding hydrogens is 432 g/mol. The van der Waals surface area contributed by atoms with E-state index < -0.39 is 24.0 Å². The number of aromatic nitrogens is 1. The maximum absolute atomic E-state index is 12.7. The number of aryl methyl sites for hydroxylation is 1. The Hall–Kier alpha value is -2.80. The summed E-state index contributed by atoms with van der Waals surface area (Å²) in [5.74, 6) is -0.753. The second-order valence-electron chi connectivity index (χ2n) is 10.2. The lowest BCUT2D eigenvalue weighted by Crippen LogP contribution is -2.39. The number of nitrogens with zero attached hydrogens (tertiary/aromatic N) is 1. The van der Waals surface area contributed by atoms with E-state index in [2.05, 4.69) is 31.3 Å². The number of carboxylic acids is 1. The van der Waals surface area contributed by atoms with Gasteiger partial charge in [-0.25, -0.2) is 0 Å². The molecule has 0 aliphatic rings. The average Bonchev–Trinajstić information content (AvgIpc) is 3.15. The normalized spacial score (nSPS) is 13.9. The fourth-order valence-corrected chi connectivity index (χ4v) is 4.25. The minimum atomic E-state index is -1.08. The highest BCUT2D eigenvalue weighted by Gasteiger charge is 2.35. The summed E-state index contributed by atoms with van der Waals surface area (Å²) in [6.07, 6.45) is 1.06. The summed E-state index contributed by atoms with van der Waals surface area (Å²) >= 11 is 0. The Bertz CT molecular complexity index is 1010. The molecule has 2 atom stereocenters. The number of aliphatic hydroxyl groups is 1. The van der Waals surface area contributed by atoms with Crippen LogP contribution in [0.2, 0.25) is 0 Å². The topological polar surface area (TPSA) is 101 Å². The Morgan fingerprint density at radius 1 is 1.12 bits per heavy atom. The smallest absolute Gasteiger partial charge is 0.325 e.